The van der Waals surface area contributed by atoms with Gasteiger partial charge in [0.25, 0.3) is 0 Å². The highest BCUT2D eigenvalue weighted by atomic mass is 79.9. The van der Waals surface area contributed by atoms with E-state index in [0.29, 0.717) is 0 Å². The molecule has 4 aromatic carbocycles. The van der Waals surface area contributed by atoms with Crippen molar-refractivity contribution in [3.8, 4) is 22.5 Å². The first-order chi connectivity index (χ1) is 15.3. The molecule has 0 radical (unpaired) electrons. The van der Waals surface area contributed by atoms with Gasteiger partial charge in [-0.15, -0.1) is 0 Å². The van der Waals surface area contributed by atoms with E-state index in [1.54, 1.807) is 0 Å². The van der Waals surface area contributed by atoms with Crippen molar-refractivity contribution in [1.29, 1.82) is 0 Å². The second-order valence-electron chi connectivity index (χ2n) is 7.61. The third-order valence-electron chi connectivity index (χ3n) is 5.74. The van der Waals surface area contributed by atoms with Gasteiger partial charge in [-0.3, -0.25) is 0 Å². The molecule has 0 N–H and O–H groups in total. The molecule has 146 valence electrons. The lowest BCUT2D eigenvalue weighted by atomic mass is 10.0. The zero-order chi connectivity index (χ0) is 20.8. The summed E-state index contributed by atoms with van der Waals surface area (Å²) in [6, 6.07) is 35.6. The van der Waals surface area contributed by atoms with Crippen molar-refractivity contribution in [1.82, 2.24) is 9.97 Å². The molecule has 0 spiro atoms. The van der Waals surface area contributed by atoms with E-state index >= 15 is 0 Å². The van der Waals surface area contributed by atoms with Gasteiger partial charge < -0.3 is 0 Å². The molecular weight excluding hydrogens is 444 g/mol. The van der Waals surface area contributed by atoms with Crippen LogP contribution in [0.5, 0.6) is 0 Å². The number of benzene rings is 4. The van der Waals surface area contributed by atoms with Crippen LogP contribution < -0.4 is 0 Å². The van der Waals surface area contributed by atoms with Crippen LogP contribution in [0.3, 0.4) is 0 Å². The van der Waals surface area contributed by atoms with Crippen LogP contribution in [-0.2, 0) is 0 Å². The Bertz CT molecular complexity index is 1590. The molecule has 6 rings (SSSR count). The summed E-state index contributed by atoms with van der Waals surface area (Å²) in [5, 5.41) is 4.55. The number of hydrogen-bond donors (Lipinski definition) is 0. The molecule has 0 aliphatic rings. The van der Waals surface area contributed by atoms with Crippen LogP contribution in [0.4, 0.5) is 0 Å². The maximum absolute atomic E-state index is 5.11. The molecule has 6 aromatic rings. The van der Waals surface area contributed by atoms with E-state index in [2.05, 4.69) is 101 Å². The van der Waals surface area contributed by atoms with Crippen LogP contribution in [0, 0.1) is 0 Å². The lowest BCUT2D eigenvalue weighted by Crippen LogP contribution is -1.91. The highest BCUT2D eigenvalue weighted by Gasteiger charge is 2.11. The Morgan fingerprint density at radius 2 is 1.06 bits per heavy atom. The lowest BCUT2D eigenvalue weighted by molar-refractivity contribution is 1.37. The van der Waals surface area contributed by atoms with Crippen LogP contribution in [0.1, 0.15) is 0 Å². The Labute approximate surface area is 188 Å². The van der Waals surface area contributed by atoms with Gasteiger partial charge in [-0.05, 0) is 29.0 Å². The highest BCUT2D eigenvalue weighted by molar-refractivity contribution is 9.10. The van der Waals surface area contributed by atoms with Gasteiger partial charge in [0.05, 0.1) is 22.4 Å². The van der Waals surface area contributed by atoms with Crippen molar-refractivity contribution in [2.75, 3.05) is 0 Å². The second kappa shape index (κ2) is 7.29. The molecule has 0 aliphatic heterocycles. The Balaban J connectivity index is 1.62. The van der Waals surface area contributed by atoms with Crippen LogP contribution >= 0.6 is 15.9 Å². The highest BCUT2D eigenvalue weighted by Crippen LogP contribution is 2.34. The van der Waals surface area contributed by atoms with Crippen LogP contribution in [0.2, 0.25) is 0 Å². The summed E-state index contributed by atoms with van der Waals surface area (Å²) in [7, 11) is 0. The van der Waals surface area contributed by atoms with E-state index in [4.69, 9.17) is 9.97 Å². The molecule has 0 atom stereocenters. The standard InChI is InChI=1S/C28H17BrN2/c29-24-15-14-23(21-8-4-5-9-22(21)24)26-17-13-20-11-10-19-12-16-25(18-6-2-1-3-7-18)30-27(19)28(20)31-26/h1-17H. The minimum absolute atomic E-state index is 0.930. The molecule has 0 bridgehead atoms. The predicted octanol–water partition coefficient (Wildman–Crippen LogP) is 8.03. The van der Waals surface area contributed by atoms with Gasteiger partial charge >= 0.3 is 0 Å². The van der Waals surface area contributed by atoms with E-state index in [9.17, 15) is 0 Å². The summed E-state index contributed by atoms with van der Waals surface area (Å²) in [5.74, 6) is 0. The van der Waals surface area contributed by atoms with Crippen molar-refractivity contribution < 1.29 is 0 Å². The normalized spacial score (nSPS) is 11.4. The smallest absolute Gasteiger partial charge is 0.0972 e. The molecule has 0 unspecified atom stereocenters. The minimum Gasteiger partial charge on any atom is -0.245 e. The van der Waals surface area contributed by atoms with Crippen molar-refractivity contribution in [2.45, 2.75) is 0 Å². The number of halogens is 1. The zero-order valence-electron chi connectivity index (χ0n) is 16.6. The van der Waals surface area contributed by atoms with Crippen LogP contribution in [0.15, 0.2) is 108 Å². The van der Waals surface area contributed by atoms with Crippen LogP contribution in [0.25, 0.3) is 55.1 Å². The summed E-state index contributed by atoms with van der Waals surface area (Å²) in [5.41, 5.74) is 6.01. The Morgan fingerprint density at radius 3 is 1.81 bits per heavy atom. The largest absolute Gasteiger partial charge is 0.245 e. The second-order valence-corrected chi connectivity index (χ2v) is 8.46. The number of pyridine rings is 2. The molecule has 2 heterocycles. The first kappa shape index (κ1) is 18.2. The van der Waals surface area contributed by atoms with Crippen molar-refractivity contribution in [3.05, 3.63) is 108 Å². The number of nitrogens with zero attached hydrogens (tertiary/aromatic N) is 2. The summed E-state index contributed by atoms with van der Waals surface area (Å²) < 4.78 is 1.09. The summed E-state index contributed by atoms with van der Waals surface area (Å²) in [6.45, 7) is 0. The fourth-order valence-electron chi connectivity index (χ4n) is 4.17. The first-order valence-corrected chi connectivity index (χ1v) is 11.0. The molecule has 0 saturated heterocycles. The molecule has 3 heteroatoms. The quantitative estimate of drug-likeness (QED) is 0.244. The third-order valence-corrected chi connectivity index (χ3v) is 6.43. The average Bonchev–Trinajstić information content (AvgIpc) is 2.84. The number of fused-ring (bicyclic) bond motifs is 4. The summed E-state index contributed by atoms with van der Waals surface area (Å²) in [4.78, 5) is 10.1. The van der Waals surface area contributed by atoms with Gasteiger partial charge in [0.2, 0.25) is 0 Å². The molecule has 0 saturated carbocycles. The van der Waals surface area contributed by atoms with E-state index in [-0.39, 0.29) is 0 Å². The fraction of sp³-hybridized carbons (Fsp3) is 0. The Kier molecular flexibility index (Phi) is 4.29. The topological polar surface area (TPSA) is 25.8 Å². The molecule has 2 aromatic heterocycles. The van der Waals surface area contributed by atoms with Gasteiger partial charge in [0.1, 0.15) is 0 Å². The van der Waals surface area contributed by atoms with Gasteiger partial charge in [-0.1, -0.05) is 101 Å². The van der Waals surface area contributed by atoms with E-state index in [1.165, 1.54) is 10.8 Å². The van der Waals surface area contributed by atoms with E-state index in [0.717, 1.165) is 48.8 Å². The SMILES string of the molecule is Brc1ccc(-c2ccc3ccc4ccc(-c5ccccc5)nc4c3n2)c2ccccc12. The fourth-order valence-corrected chi connectivity index (χ4v) is 4.65. The monoisotopic (exact) mass is 460 g/mol. The Morgan fingerprint density at radius 1 is 0.484 bits per heavy atom. The predicted molar refractivity (Wildman–Crippen MR) is 133 cm³/mol. The van der Waals surface area contributed by atoms with E-state index < -0.39 is 0 Å². The molecule has 2 nitrogen and oxygen atoms in total. The van der Waals surface area contributed by atoms with Gasteiger partial charge in [0, 0.05) is 26.4 Å². The zero-order valence-corrected chi connectivity index (χ0v) is 18.2. The third kappa shape index (κ3) is 3.09. The van der Waals surface area contributed by atoms with E-state index in [1.807, 2.05) is 18.2 Å². The molecular formula is C28H17BrN2. The van der Waals surface area contributed by atoms with Gasteiger partial charge in [0.15, 0.2) is 0 Å². The van der Waals surface area contributed by atoms with Crippen molar-refractivity contribution in [3.63, 3.8) is 0 Å². The number of rotatable bonds is 2. The summed E-state index contributed by atoms with van der Waals surface area (Å²) >= 11 is 3.68. The van der Waals surface area contributed by atoms with Crippen molar-refractivity contribution in [2.24, 2.45) is 0 Å². The molecule has 0 amide bonds. The number of hydrogen-bond acceptors (Lipinski definition) is 2. The molecule has 31 heavy (non-hydrogen) atoms. The maximum Gasteiger partial charge on any atom is 0.0972 e. The van der Waals surface area contributed by atoms with Crippen molar-refractivity contribution >= 4 is 48.5 Å². The van der Waals surface area contributed by atoms with Gasteiger partial charge in [-0.25, -0.2) is 9.97 Å². The Hall–Kier alpha value is -3.56. The lowest BCUT2D eigenvalue weighted by Gasteiger charge is -2.10. The molecule has 0 fully saturated rings. The molecule has 0 aliphatic carbocycles. The first-order valence-electron chi connectivity index (χ1n) is 10.2. The summed E-state index contributed by atoms with van der Waals surface area (Å²) in [6.07, 6.45) is 0. The maximum atomic E-state index is 5.11. The van der Waals surface area contributed by atoms with Gasteiger partial charge in [-0.2, -0.15) is 0 Å². The minimum atomic E-state index is 0.930. The average molecular weight is 461 g/mol. The number of aromatic nitrogens is 2. The van der Waals surface area contributed by atoms with Crippen LogP contribution in [-0.4, -0.2) is 9.97 Å².